The molecule has 8 heteroatoms. The molecule has 128 valence electrons. The lowest BCUT2D eigenvalue weighted by molar-refractivity contribution is 0.0963. The average molecular weight is 376 g/mol. The van der Waals surface area contributed by atoms with Gasteiger partial charge in [-0.3, -0.25) is 9.52 Å². The van der Waals surface area contributed by atoms with Crippen LogP contribution in [0.25, 0.3) is 10.9 Å². The molecule has 2 N–H and O–H groups in total. The number of benzene rings is 2. The lowest BCUT2D eigenvalue weighted by Gasteiger charge is -2.11. The van der Waals surface area contributed by atoms with Gasteiger partial charge in [0.25, 0.3) is 15.9 Å². The van der Waals surface area contributed by atoms with Crippen LogP contribution < -0.4 is 10.0 Å². The number of amides is 1. The highest BCUT2D eigenvalue weighted by atomic mass is 35.5. The fraction of sp³-hybridized carbons (Fsp3) is 0.0588. The number of halogens is 1. The van der Waals surface area contributed by atoms with E-state index >= 15 is 0 Å². The summed E-state index contributed by atoms with van der Waals surface area (Å²) in [5.41, 5.74) is 1.16. The largest absolute Gasteiger partial charge is 0.355 e. The van der Waals surface area contributed by atoms with E-state index < -0.39 is 10.0 Å². The topological polar surface area (TPSA) is 88.2 Å². The number of carbonyl (C=O) groups is 1. The zero-order valence-corrected chi connectivity index (χ0v) is 14.7. The molecule has 0 fully saturated rings. The Hall–Kier alpha value is -2.64. The molecule has 1 heterocycles. The Morgan fingerprint density at radius 1 is 1.04 bits per heavy atom. The molecule has 2 aromatic carbocycles. The Kier molecular flexibility index (Phi) is 4.61. The molecule has 1 amide bonds. The maximum atomic E-state index is 12.6. The van der Waals surface area contributed by atoms with Gasteiger partial charge in [-0.15, -0.1) is 0 Å². The third-order valence-corrected chi connectivity index (χ3v) is 5.18. The predicted octanol–water partition coefficient (Wildman–Crippen LogP) is 3.05. The van der Waals surface area contributed by atoms with Crippen molar-refractivity contribution in [3.63, 3.8) is 0 Å². The molecule has 25 heavy (non-hydrogen) atoms. The van der Waals surface area contributed by atoms with Gasteiger partial charge in [-0.1, -0.05) is 23.7 Å². The second-order valence-electron chi connectivity index (χ2n) is 5.22. The van der Waals surface area contributed by atoms with E-state index in [1.165, 1.54) is 31.3 Å². The first-order valence-electron chi connectivity index (χ1n) is 7.31. The number of fused-ring (bicyclic) bond motifs is 1. The van der Waals surface area contributed by atoms with E-state index in [2.05, 4.69) is 15.0 Å². The molecule has 0 aliphatic rings. The van der Waals surface area contributed by atoms with Crippen molar-refractivity contribution in [3.8, 4) is 0 Å². The van der Waals surface area contributed by atoms with Crippen LogP contribution in [0.3, 0.4) is 0 Å². The quantitative estimate of drug-likeness (QED) is 0.686. The summed E-state index contributed by atoms with van der Waals surface area (Å²) in [5, 5.41) is 3.52. The van der Waals surface area contributed by atoms with Crippen molar-refractivity contribution in [1.29, 1.82) is 0 Å². The number of hydrogen-bond acceptors (Lipinski definition) is 4. The summed E-state index contributed by atoms with van der Waals surface area (Å²) in [6, 6.07) is 14.2. The van der Waals surface area contributed by atoms with Crippen LogP contribution in [0.1, 0.15) is 10.4 Å². The fourth-order valence-electron chi connectivity index (χ4n) is 2.34. The smallest absolute Gasteiger partial charge is 0.261 e. The van der Waals surface area contributed by atoms with Crippen molar-refractivity contribution in [2.45, 2.75) is 4.90 Å². The number of sulfonamides is 1. The number of rotatable bonds is 4. The molecule has 3 aromatic rings. The zero-order chi connectivity index (χ0) is 18.0. The molecule has 0 spiro atoms. The summed E-state index contributed by atoms with van der Waals surface area (Å²) >= 11 is 5.91. The van der Waals surface area contributed by atoms with Crippen LogP contribution in [0.4, 0.5) is 5.69 Å². The number of carbonyl (C=O) groups excluding carboxylic acids is 1. The molecule has 0 unspecified atom stereocenters. The summed E-state index contributed by atoms with van der Waals surface area (Å²) in [4.78, 5) is 15.8. The van der Waals surface area contributed by atoms with E-state index in [9.17, 15) is 13.2 Å². The van der Waals surface area contributed by atoms with Crippen LogP contribution in [0.15, 0.2) is 59.5 Å². The Morgan fingerprint density at radius 2 is 1.76 bits per heavy atom. The molecule has 1 aromatic heterocycles. The first-order valence-corrected chi connectivity index (χ1v) is 9.17. The molecular formula is C17H14ClN3O3S. The molecule has 0 bridgehead atoms. The minimum Gasteiger partial charge on any atom is -0.355 e. The van der Waals surface area contributed by atoms with Crippen molar-refractivity contribution < 1.29 is 13.2 Å². The van der Waals surface area contributed by atoms with Gasteiger partial charge in [-0.05, 0) is 42.5 Å². The third-order valence-electron chi connectivity index (χ3n) is 3.58. The first-order chi connectivity index (χ1) is 11.9. The number of para-hydroxylation sites is 1. The maximum Gasteiger partial charge on any atom is 0.261 e. The van der Waals surface area contributed by atoms with Crippen molar-refractivity contribution in [3.05, 3.63) is 65.3 Å². The molecule has 0 saturated heterocycles. The summed E-state index contributed by atoms with van der Waals surface area (Å²) in [6.45, 7) is 0. The Morgan fingerprint density at radius 3 is 2.44 bits per heavy atom. The summed E-state index contributed by atoms with van der Waals surface area (Å²) in [5.74, 6) is -0.287. The molecule has 6 nitrogen and oxygen atoms in total. The highest BCUT2D eigenvalue weighted by Gasteiger charge is 2.17. The minimum absolute atomic E-state index is 0.0409. The second kappa shape index (κ2) is 6.70. The van der Waals surface area contributed by atoms with Gasteiger partial charge in [0.1, 0.15) is 5.15 Å². The van der Waals surface area contributed by atoms with E-state index in [0.717, 1.165) is 5.39 Å². The number of pyridine rings is 1. The Labute approximate surface area is 149 Å². The van der Waals surface area contributed by atoms with E-state index in [0.29, 0.717) is 16.8 Å². The molecule has 0 atom stereocenters. The van der Waals surface area contributed by atoms with Crippen molar-refractivity contribution in [2.75, 3.05) is 11.8 Å². The normalized spacial score (nSPS) is 11.3. The zero-order valence-electron chi connectivity index (χ0n) is 13.2. The van der Waals surface area contributed by atoms with Crippen molar-refractivity contribution in [1.82, 2.24) is 10.3 Å². The predicted molar refractivity (Wildman–Crippen MR) is 97.4 cm³/mol. The van der Waals surface area contributed by atoms with Gasteiger partial charge >= 0.3 is 0 Å². The van der Waals surface area contributed by atoms with Gasteiger partial charge in [0.2, 0.25) is 0 Å². The highest BCUT2D eigenvalue weighted by Crippen LogP contribution is 2.25. The lowest BCUT2D eigenvalue weighted by Crippen LogP contribution is -2.18. The summed E-state index contributed by atoms with van der Waals surface area (Å²) in [6.07, 6.45) is 0. The molecule has 0 saturated carbocycles. The van der Waals surface area contributed by atoms with Crippen molar-refractivity contribution in [2.24, 2.45) is 0 Å². The molecular weight excluding hydrogens is 362 g/mol. The number of nitrogens with one attached hydrogen (secondary N) is 2. The number of anilines is 1. The lowest BCUT2D eigenvalue weighted by atomic mass is 10.2. The molecule has 3 rings (SSSR count). The van der Waals surface area contributed by atoms with Crippen LogP contribution >= 0.6 is 11.6 Å². The third kappa shape index (κ3) is 3.57. The first kappa shape index (κ1) is 17.2. The Balaban J connectivity index is 1.97. The van der Waals surface area contributed by atoms with Gasteiger partial charge in [0.05, 0.1) is 16.1 Å². The summed E-state index contributed by atoms with van der Waals surface area (Å²) < 4.78 is 27.7. The van der Waals surface area contributed by atoms with Gasteiger partial charge in [0.15, 0.2) is 0 Å². The molecule has 0 radical (unpaired) electrons. The van der Waals surface area contributed by atoms with Gasteiger partial charge < -0.3 is 5.32 Å². The standard InChI is InChI=1S/C17H14ClN3O3S/c1-19-17(22)12-5-8-13(9-6-12)25(23,24)21-14-4-2-3-11-7-10-15(18)20-16(11)14/h2-10,21H,1H3,(H,19,22). The number of nitrogens with zero attached hydrogens (tertiary/aromatic N) is 1. The van der Waals surface area contributed by atoms with E-state index in [4.69, 9.17) is 11.6 Å². The fourth-order valence-corrected chi connectivity index (χ4v) is 3.55. The SMILES string of the molecule is CNC(=O)c1ccc(S(=O)(=O)Nc2cccc3ccc(Cl)nc23)cc1. The number of aromatic nitrogens is 1. The monoisotopic (exact) mass is 375 g/mol. The minimum atomic E-state index is -3.83. The summed E-state index contributed by atoms with van der Waals surface area (Å²) in [7, 11) is -2.32. The van der Waals surface area contributed by atoms with Gasteiger partial charge in [-0.25, -0.2) is 13.4 Å². The van der Waals surface area contributed by atoms with Gasteiger partial charge in [-0.2, -0.15) is 0 Å². The van der Waals surface area contributed by atoms with E-state index in [1.807, 2.05) is 6.07 Å². The van der Waals surface area contributed by atoms with Crippen LogP contribution in [-0.4, -0.2) is 26.4 Å². The maximum absolute atomic E-state index is 12.6. The highest BCUT2D eigenvalue weighted by molar-refractivity contribution is 7.92. The number of hydrogen-bond donors (Lipinski definition) is 2. The van der Waals surface area contributed by atoms with Gasteiger partial charge in [0, 0.05) is 18.0 Å². The van der Waals surface area contributed by atoms with Crippen LogP contribution in [0.5, 0.6) is 0 Å². The second-order valence-corrected chi connectivity index (χ2v) is 7.29. The van der Waals surface area contributed by atoms with Crippen molar-refractivity contribution >= 4 is 44.1 Å². The van der Waals surface area contributed by atoms with Crippen LogP contribution in [-0.2, 0) is 10.0 Å². The molecule has 0 aliphatic carbocycles. The average Bonchev–Trinajstić information content (AvgIpc) is 2.61. The van der Waals surface area contributed by atoms with Crippen LogP contribution in [0.2, 0.25) is 5.15 Å². The van der Waals surface area contributed by atoms with E-state index in [1.54, 1.807) is 24.3 Å². The Bertz CT molecular complexity index is 1050. The van der Waals surface area contributed by atoms with E-state index in [-0.39, 0.29) is 16.0 Å². The molecule has 0 aliphatic heterocycles. The van der Waals surface area contributed by atoms with Crippen LogP contribution in [0, 0.1) is 0 Å².